The SMILES string of the molecule is O=C(COc1ccc(OCc2ccccc2)cc1)N=Nc1c(O)[nH]c2ccc(Br)cc12. The molecule has 3 aromatic carbocycles. The predicted octanol–water partition coefficient (Wildman–Crippen LogP) is 5.90. The van der Waals surface area contributed by atoms with Crippen molar-refractivity contribution in [1.82, 2.24) is 4.98 Å². The van der Waals surface area contributed by atoms with Crippen molar-refractivity contribution in [1.29, 1.82) is 0 Å². The Morgan fingerprint density at radius 2 is 1.68 bits per heavy atom. The van der Waals surface area contributed by atoms with Crippen LogP contribution in [0.4, 0.5) is 5.69 Å². The van der Waals surface area contributed by atoms with Crippen molar-refractivity contribution in [3.8, 4) is 17.4 Å². The molecule has 0 aliphatic carbocycles. The molecule has 1 amide bonds. The van der Waals surface area contributed by atoms with Crippen LogP contribution in [0.25, 0.3) is 10.9 Å². The average molecular weight is 480 g/mol. The summed E-state index contributed by atoms with van der Waals surface area (Å²) in [5, 5.41) is 18.2. The van der Waals surface area contributed by atoms with Crippen LogP contribution in [0.1, 0.15) is 5.56 Å². The topological polar surface area (TPSA) is 96.3 Å². The Labute approximate surface area is 186 Å². The molecular weight excluding hydrogens is 462 g/mol. The molecule has 0 aliphatic heterocycles. The van der Waals surface area contributed by atoms with E-state index < -0.39 is 5.91 Å². The predicted molar refractivity (Wildman–Crippen MR) is 120 cm³/mol. The van der Waals surface area contributed by atoms with Gasteiger partial charge in [0.05, 0.1) is 5.52 Å². The highest BCUT2D eigenvalue weighted by Gasteiger charge is 2.11. The van der Waals surface area contributed by atoms with Gasteiger partial charge in [-0.25, -0.2) is 0 Å². The summed E-state index contributed by atoms with van der Waals surface area (Å²) in [5.41, 5.74) is 1.96. The third kappa shape index (κ3) is 5.29. The number of hydrogen-bond donors (Lipinski definition) is 2. The summed E-state index contributed by atoms with van der Waals surface area (Å²) >= 11 is 3.37. The molecule has 0 radical (unpaired) electrons. The van der Waals surface area contributed by atoms with Gasteiger partial charge in [0.1, 0.15) is 18.1 Å². The van der Waals surface area contributed by atoms with Gasteiger partial charge in [-0.2, -0.15) is 0 Å². The second kappa shape index (κ2) is 9.44. The smallest absolute Gasteiger partial charge is 0.302 e. The molecular formula is C23H18BrN3O4. The third-order valence-electron chi connectivity index (χ3n) is 4.41. The van der Waals surface area contributed by atoms with Crippen molar-refractivity contribution in [2.45, 2.75) is 6.61 Å². The summed E-state index contributed by atoms with van der Waals surface area (Å²) < 4.78 is 12.0. The minimum absolute atomic E-state index is 0.156. The molecule has 2 N–H and O–H groups in total. The van der Waals surface area contributed by atoms with Crippen LogP contribution in [0.2, 0.25) is 0 Å². The first-order valence-electron chi connectivity index (χ1n) is 9.43. The number of rotatable bonds is 7. The lowest BCUT2D eigenvalue weighted by molar-refractivity contribution is -0.120. The summed E-state index contributed by atoms with van der Waals surface area (Å²) in [7, 11) is 0. The monoisotopic (exact) mass is 479 g/mol. The maximum Gasteiger partial charge on any atom is 0.302 e. The molecule has 1 aromatic heterocycles. The lowest BCUT2D eigenvalue weighted by Gasteiger charge is -2.07. The lowest BCUT2D eigenvalue weighted by atomic mass is 10.2. The fraction of sp³-hybridized carbons (Fsp3) is 0.0870. The van der Waals surface area contributed by atoms with Gasteiger partial charge in [-0.15, -0.1) is 10.2 Å². The maximum absolute atomic E-state index is 12.0. The van der Waals surface area contributed by atoms with Crippen molar-refractivity contribution in [2.24, 2.45) is 10.2 Å². The number of carbonyl (C=O) groups excluding carboxylic acids is 1. The number of hydrogen-bond acceptors (Lipinski definition) is 5. The Balaban J connectivity index is 1.32. The maximum atomic E-state index is 12.0. The van der Waals surface area contributed by atoms with E-state index in [1.54, 1.807) is 36.4 Å². The fourth-order valence-corrected chi connectivity index (χ4v) is 3.25. The number of nitrogens with one attached hydrogen (secondary N) is 1. The van der Waals surface area contributed by atoms with Crippen molar-refractivity contribution in [2.75, 3.05) is 6.61 Å². The zero-order valence-electron chi connectivity index (χ0n) is 16.3. The highest BCUT2D eigenvalue weighted by Crippen LogP contribution is 2.36. The molecule has 0 fully saturated rings. The van der Waals surface area contributed by atoms with Crippen molar-refractivity contribution in [3.63, 3.8) is 0 Å². The van der Waals surface area contributed by atoms with E-state index in [1.165, 1.54) is 0 Å². The molecule has 8 heteroatoms. The largest absolute Gasteiger partial charge is 0.493 e. The number of benzene rings is 3. The van der Waals surface area contributed by atoms with Crippen LogP contribution >= 0.6 is 15.9 Å². The first-order valence-corrected chi connectivity index (χ1v) is 10.2. The number of halogens is 1. The standard InChI is InChI=1S/C23H18BrN3O4/c24-16-6-11-20-19(12-16)22(23(29)25-20)27-26-21(28)14-31-18-9-7-17(8-10-18)30-13-15-4-2-1-3-5-15/h1-12,25,29H,13-14H2. The summed E-state index contributed by atoms with van der Waals surface area (Å²) in [6, 6.07) is 22.2. The number of ether oxygens (including phenoxy) is 2. The van der Waals surface area contributed by atoms with Crippen LogP contribution in [0.5, 0.6) is 17.4 Å². The molecule has 1 heterocycles. The number of aromatic nitrogens is 1. The minimum Gasteiger partial charge on any atom is -0.493 e. The van der Waals surface area contributed by atoms with E-state index in [9.17, 15) is 9.90 Å². The number of H-pyrrole nitrogens is 1. The number of azo groups is 1. The van der Waals surface area contributed by atoms with Crippen LogP contribution in [0.3, 0.4) is 0 Å². The number of aromatic hydroxyl groups is 1. The van der Waals surface area contributed by atoms with Gasteiger partial charge >= 0.3 is 5.91 Å². The van der Waals surface area contributed by atoms with Crippen LogP contribution < -0.4 is 9.47 Å². The normalized spacial score (nSPS) is 11.1. The van der Waals surface area contributed by atoms with E-state index >= 15 is 0 Å². The van der Waals surface area contributed by atoms with E-state index in [-0.39, 0.29) is 18.2 Å². The quantitative estimate of drug-likeness (QED) is 0.322. The highest BCUT2D eigenvalue weighted by atomic mass is 79.9. The Bertz CT molecular complexity index is 1220. The summed E-state index contributed by atoms with van der Waals surface area (Å²) in [5.74, 6) is 0.475. The molecule has 0 atom stereocenters. The van der Waals surface area contributed by atoms with Gasteiger partial charge in [0.15, 0.2) is 12.3 Å². The highest BCUT2D eigenvalue weighted by molar-refractivity contribution is 9.10. The van der Waals surface area contributed by atoms with E-state index in [0.29, 0.717) is 29.0 Å². The minimum atomic E-state index is -0.576. The van der Waals surface area contributed by atoms with Gasteiger partial charge in [-0.05, 0) is 48.0 Å². The van der Waals surface area contributed by atoms with Crippen LogP contribution in [0.15, 0.2) is 87.5 Å². The van der Waals surface area contributed by atoms with Crippen LogP contribution in [-0.2, 0) is 11.4 Å². The van der Waals surface area contributed by atoms with Gasteiger partial charge in [0, 0.05) is 9.86 Å². The lowest BCUT2D eigenvalue weighted by Crippen LogP contribution is -2.07. The van der Waals surface area contributed by atoms with Gasteiger partial charge in [0.25, 0.3) is 0 Å². The van der Waals surface area contributed by atoms with Gasteiger partial charge in [-0.1, -0.05) is 46.3 Å². The van der Waals surface area contributed by atoms with Crippen LogP contribution in [0, 0.1) is 0 Å². The van der Waals surface area contributed by atoms with Crippen LogP contribution in [-0.4, -0.2) is 22.6 Å². The molecule has 4 rings (SSSR count). The van der Waals surface area contributed by atoms with Gasteiger partial charge in [-0.3, -0.25) is 4.79 Å². The average Bonchev–Trinajstić information content (AvgIpc) is 3.10. The Kier molecular flexibility index (Phi) is 6.28. The van der Waals surface area contributed by atoms with Crippen molar-refractivity contribution >= 4 is 38.4 Å². The molecule has 0 saturated carbocycles. The van der Waals surface area contributed by atoms with E-state index in [2.05, 4.69) is 31.1 Å². The van der Waals surface area contributed by atoms with E-state index in [4.69, 9.17) is 9.47 Å². The Morgan fingerprint density at radius 3 is 2.42 bits per heavy atom. The molecule has 0 spiro atoms. The second-order valence-electron chi connectivity index (χ2n) is 6.64. The zero-order chi connectivity index (χ0) is 21.6. The van der Waals surface area contributed by atoms with Crippen molar-refractivity contribution < 1.29 is 19.4 Å². The van der Waals surface area contributed by atoms with E-state index in [1.807, 2.05) is 36.4 Å². The molecule has 4 aromatic rings. The molecule has 31 heavy (non-hydrogen) atoms. The van der Waals surface area contributed by atoms with Gasteiger partial charge < -0.3 is 19.6 Å². The summed E-state index contributed by atoms with van der Waals surface area (Å²) in [4.78, 5) is 14.8. The van der Waals surface area contributed by atoms with Crippen molar-refractivity contribution in [3.05, 3.63) is 82.8 Å². The number of amides is 1. The number of fused-ring (bicyclic) bond motifs is 1. The Morgan fingerprint density at radius 1 is 0.968 bits per heavy atom. The summed E-state index contributed by atoms with van der Waals surface area (Å²) in [6.07, 6.45) is 0. The Hall–Kier alpha value is -3.65. The zero-order valence-corrected chi connectivity index (χ0v) is 17.9. The molecule has 0 unspecified atom stereocenters. The molecule has 156 valence electrons. The second-order valence-corrected chi connectivity index (χ2v) is 7.56. The molecule has 0 bridgehead atoms. The number of aromatic amines is 1. The molecule has 0 aliphatic rings. The van der Waals surface area contributed by atoms with E-state index in [0.717, 1.165) is 10.0 Å². The molecule has 0 saturated heterocycles. The summed E-state index contributed by atoms with van der Waals surface area (Å²) in [6.45, 7) is 0.192. The molecule has 7 nitrogen and oxygen atoms in total. The number of carbonyl (C=O) groups is 1. The number of nitrogens with zero attached hydrogens (tertiary/aromatic N) is 2. The first-order chi connectivity index (χ1) is 15.1. The fourth-order valence-electron chi connectivity index (χ4n) is 2.89. The third-order valence-corrected chi connectivity index (χ3v) is 4.90. The first kappa shape index (κ1) is 20.6. The van der Waals surface area contributed by atoms with Gasteiger partial charge in [0.2, 0.25) is 5.88 Å².